The van der Waals surface area contributed by atoms with Crippen molar-refractivity contribution in [1.29, 1.82) is 0 Å². The van der Waals surface area contributed by atoms with Crippen LogP contribution in [0.2, 0.25) is 0 Å². The van der Waals surface area contributed by atoms with Crippen molar-refractivity contribution in [2.24, 2.45) is 0 Å². The molecule has 1 fully saturated rings. The predicted octanol–water partition coefficient (Wildman–Crippen LogP) is 1.88. The summed E-state index contributed by atoms with van der Waals surface area (Å²) in [5, 5.41) is 12.4. The topological polar surface area (TPSA) is 41.5 Å². The van der Waals surface area contributed by atoms with Crippen LogP contribution in [0.5, 0.6) is 0 Å². The summed E-state index contributed by atoms with van der Waals surface area (Å²) in [6, 6.07) is 4.42. The van der Waals surface area contributed by atoms with E-state index in [1.54, 1.807) is 0 Å². The molecule has 1 aromatic carbocycles. The first-order valence-corrected chi connectivity index (χ1v) is 5.16. The normalized spacial score (nSPS) is 24.9. The number of ether oxygens (including phenoxy) is 1. The predicted molar refractivity (Wildman–Crippen MR) is 55.7 cm³/mol. The smallest absolute Gasteiger partial charge is 0.388 e. The summed E-state index contributed by atoms with van der Waals surface area (Å²) in [5.41, 5.74) is -0.154. The van der Waals surface area contributed by atoms with Crippen molar-refractivity contribution in [3.05, 3.63) is 29.8 Å². The zero-order valence-electron chi connectivity index (χ0n) is 8.87. The van der Waals surface area contributed by atoms with E-state index >= 15 is 0 Å². The minimum absolute atomic E-state index is 0.248. The second kappa shape index (κ2) is 4.54. The van der Waals surface area contributed by atoms with Gasteiger partial charge in [-0.15, -0.1) is 0 Å². The van der Waals surface area contributed by atoms with E-state index in [-0.39, 0.29) is 12.6 Å². The second-order valence-corrected chi connectivity index (χ2v) is 3.93. The summed E-state index contributed by atoms with van der Waals surface area (Å²) in [4.78, 5) is 0. The Bertz CT molecular complexity index is 377. The average Bonchev–Trinajstić information content (AvgIpc) is 2.64. The Hall–Kier alpha value is -1.27. The molecule has 3 nitrogen and oxygen atoms in total. The fraction of sp³-hybridized carbons (Fsp3) is 0.455. The quantitative estimate of drug-likeness (QED) is 0.838. The van der Waals surface area contributed by atoms with Gasteiger partial charge in [0.25, 0.3) is 0 Å². The fourth-order valence-corrected chi connectivity index (χ4v) is 1.65. The maximum atomic E-state index is 12.3. The van der Waals surface area contributed by atoms with E-state index in [4.69, 9.17) is 4.74 Å². The molecule has 94 valence electrons. The molecule has 1 heterocycles. The summed E-state index contributed by atoms with van der Waals surface area (Å²) in [6.45, 7) is 0.598. The molecular formula is C11H12F3NO2. The Labute approximate surface area is 96.2 Å². The molecule has 0 bridgehead atoms. The zero-order valence-corrected chi connectivity index (χ0v) is 8.87. The number of anilines is 1. The van der Waals surface area contributed by atoms with E-state index in [9.17, 15) is 18.3 Å². The SMILES string of the molecule is OC1COCC1Nc1ccc(C(F)(F)F)cc1. The van der Waals surface area contributed by atoms with Crippen molar-refractivity contribution in [3.63, 3.8) is 0 Å². The second-order valence-electron chi connectivity index (χ2n) is 3.93. The molecule has 17 heavy (non-hydrogen) atoms. The summed E-state index contributed by atoms with van der Waals surface area (Å²) in [5.74, 6) is 0. The first-order valence-electron chi connectivity index (χ1n) is 5.16. The van der Waals surface area contributed by atoms with Gasteiger partial charge in [-0.05, 0) is 24.3 Å². The molecule has 0 radical (unpaired) electrons. The lowest BCUT2D eigenvalue weighted by molar-refractivity contribution is -0.137. The summed E-state index contributed by atoms with van der Waals surface area (Å²) < 4.78 is 41.9. The highest BCUT2D eigenvalue weighted by Gasteiger charge is 2.30. The monoisotopic (exact) mass is 247 g/mol. The van der Waals surface area contributed by atoms with E-state index in [2.05, 4.69) is 5.32 Å². The van der Waals surface area contributed by atoms with Gasteiger partial charge in [-0.3, -0.25) is 0 Å². The van der Waals surface area contributed by atoms with Gasteiger partial charge in [0.2, 0.25) is 0 Å². The maximum Gasteiger partial charge on any atom is 0.416 e. The van der Waals surface area contributed by atoms with Crippen LogP contribution in [0.25, 0.3) is 0 Å². The van der Waals surface area contributed by atoms with Crippen LogP contribution in [0.15, 0.2) is 24.3 Å². The number of hydrogen-bond acceptors (Lipinski definition) is 3. The van der Waals surface area contributed by atoms with E-state index in [0.29, 0.717) is 12.3 Å². The van der Waals surface area contributed by atoms with Crippen LogP contribution in [-0.2, 0) is 10.9 Å². The van der Waals surface area contributed by atoms with Gasteiger partial charge in [0, 0.05) is 5.69 Å². The number of halogens is 3. The number of rotatable bonds is 2. The Morgan fingerprint density at radius 3 is 2.29 bits per heavy atom. The van der Waals surface area contributed by atoms with E-state index in [1.165, 1.54) is 12.1 Å². The molecule has 2 N–H and O–H groups in total. The van der Waals surface area contributed by atoms with Crippen molar-refractivity contribution in [2.45, 2.75) is 18.3 Å². The number of alkyl halides is 3. The molecule has 0 amide bonds. The molecule has 0 saturated carbocycles. The first-order chi connectivity index (χ1) is 7.97. The third-order valence-electron chi connectivity index (χ3n) is 2.61. The van der Waals surface area contributed by atoms with Crippen LogP contribution >= 0.6 is 0 Å². The molecule has 1 aromatic rings. The number of hydrogen-bond donors (Lipinski definition) is 2. The summed E-state index contributed by atoms with van der Waals surface area (Å²) in [6.07, 6.45) is -4.95. The molecule has 0 aliphatic carbocycles. The van der Waals surface area contributed by atoms with Crippen molar-refractivity contribution in [2.75, 3.05) is 18.5 Å². The lowest BCUT2D eigenvalue weighted by Crippen LogP contribution is -2.31. The molecule has 0 aromatic heterocycles. The number of aliphatic hydroxyl groups is 1. The Morgan fingerprint density at radius 2 is 1.82 bits per heavy atom. The van der Waals surface area contributed by atoms with Gasteiger partial charge in [0.15, 0.2) is 0 Å². The lowest BCUT2D eigenvalue weighted by atomic mass is 10.1. The summed E-state index contributed by atoms with van der Waals surface area (Å²) in [7, 11) is 0. The van der Waals surface area contributed by atoms with Gasteiger partial charge in [0.1, 0.15) is 0 Å². The Morgan fingerprint density at radius 1 is 1.18 bits per heavy atom. The van der Waals surface area contributed by atoms with E-state index < -0.39 is 17.8 Å². The Kier molecular flexibility index (Phi) is 3.26. The molecule has 1 aliphatic rings. The summed E-state index contributed by atoms with van der Waals surface area (Å²) >= 11 is 0. The van der Waals surface area contributed by atoms with Crippen molar-refractivity contribution < 1.29 is 23.0 Å². The number of nitrogens with one attached hydrogen (secondary N) is 1. The lowest BCUT2D eigenvalue weighted by Gasteiger charge is -2.16. The molecule has 1 saturated heterocycles. The maximum absolute atomic E-state index is 12.3. The third kappa shape index (κ3) is 2.89. The van der Waals surface area contributed by atoms with Gasteiger partial charge >= 0.3 is 6.18 Å². The van der Waals surface area contributed by atoms with Crippen LogP contribution in [0.4, 0.5) is 18.9 Å². The van der Waals surface area contributed by atoms with Gasteiger partial charge in [-0.25, -0.2) is 0 Å². The van der Waals surface area contributed by atoms with Crippen LogP contribution < -0.4 is 5.32 Å². The zero-order chi connectivity index (χ0) is 12.5. The van der Waals surface area contributed by atoms with Crippen molar-refractivity contribution in [1.82, 2.24) is 0 Å². The van der Waals surface area contributed by atoms with Crippen LogP contribution in [0.3, 0.4) is 0 Å². The molecule has 1 aliphatic heterocycles. The minimum atomic E-state index is -4.32. The van der Waals surface area contributed by atoms with Crippen LogP contribution in [-0.4, -0.2) is 30.5 Å². The molecule has 2 rings (SSSR count). The third-order valence-corrected chi connectivity index (χ3v) is 2.61. The highest BCUT2D eigenvalue weighted by atomic mass is 19.4. The highest BCUT2D eigenvalue weighted by molar-refractivity contribution is 5.46. The minimum Gasteiger partial charge on any atom is -0.388 e. The molecule has 6 heteroatoms. The van der Waals surface area contributed by atoms with Gasteiger partial charge in [-0.2, -0.15) is 13.2 Å². The van der Waals surface area contributed by atoms with Crippen LogP contribution in [0.1, 0.15) is 5.56 Å². The molecule has 2 unspecified atom stereocenters. The largest absolute Gasteiger partial charge is 0.416 e. The molecule has 2 atom stereocenters. The highest BCUT2D eigenvalue weighted by Crippen LogP contribution is 2.30. The standard InChI is InChI=1S/C11H12F3NO2/c12-11(13,14)7-1-3-8(4-2-7)15-9-5-17-6-10(9)16/h1-4,9-10,15-16H,5-6H2. The van der Waals surface area contributed by atoms with Crippen molar-refractivity contribution in [3.8, 4) is 0 Å². The number of aliphatic hydroxyl groups excluding tert-OH is 1. The van der Waals surface area contributed by atoms with Gasteiger partial charge in [-0.1, -0.05) is 0 Å². The Balaban J connectivity index is 2.03. The first kappa shape index (κ1) is 12.2. The molecular weight excluding hydrogens is 235 g/mol. The van der Waals surface area contributed by atoms with Gasteiger partial charge < -0.3 is 15.2 Å². The van der Waals surface area contributed by atoms with Crippen LogP contribution in [0, 0.1) is 0 Å². The van der Waals surface area contributed by atoms with Gasteiger partial charge in [0.05, 0.1) is 30.9 Å². The van der Waals surface area contributed by atoms with E-state index in [1.807, 2.05) is 0 Å². The number of benzene rings is 1. The van der Waals surface area contributed by atoms with E-state index in [0.717, 1.165) is 12.1 Å². The fourth-order valence-electron chi connectivity index (χ4n) is 1.65. The average molecular weight is 247 g/mol. The van der Waals surface area contributed by atoms with Crippen molar-refractivity contribution >= 4 is 5.69 Å². The molecule has 0 spiro atoms.